The number of rotatable bonds is 4. The average Bonchev–Trinajstić information content (AvgIpc) is 2.24. The molecule has 1 aliphatic rings. The Morgan fingerprint density at radius 2 is 2.12 bits per heavy atom. The molecule has 1 rings (SSSR count). The van der Waals surface area contributed by atoms with Crippen LogP contribution in [0.4, 0.5) is 0 Å². The molecule has 1 heterocycles. The summed E-state index contributed by atoms with van der Waals surface area (Å²) in [5, 5.41) is 0. The molecule has 1 saturated heterocycles. The number of piperazine rings is 1. The summed E-state index contributed by atoms with van der Waals surface area (Å²) in [4.78, 5) is 16.5. The van der Waals surface area contributed by atoms with Crippen LogP contribution in [0, 0.1) is 0 Å². The van der Waals surface area contributed by atoms with E-state index in [0.717, 1.165) is 19.4 Å². The topological polar surface area (TPSA) is 49.6 Å². The van der Waals surface area contributed by atoms with Crippen molar-refractivity contribution in [2.24, 2.45) is 5.73 Å². The fourth-order valence-electron chi connectivity index (χ4n) is 3.06. The first-order chi connectivity index (χ1) is 7.85. The predicted molar refractivity (Wildman–Crippen MR) is 70.8 cm³/mol. The molecule has 2 atom stereocenters. The molecule has 0 bridgehead atoms. The maximum absolute atomic E-state index is 12.3. The van der Waals surface area contributed by atoms with Crippen molar-refractivity contribution in [1.82, 2.24) is 9.80 Å². The third-order valence-corrected chi connectivity index (χ3v) is 3.83. The number of amides is 1. The second kappa shape index (κ2) is 5.36. The molecule has 0 aromatic heterocycles. The number of hydrogen-bond donors (Lipinski definition) is 1. The van der Waals surface area contributed by atoms with Crippen LogP contribution in [0.1, 0.15) is 40.5 Å². The second-order valence-corrected chi connectivity index (χ2v) is 5.76. The van der Waals surface area contributed by atoms with E-state index in [9.17, 15) is 4.79 Å². The van der Waals surface area contributed by atoms with Crippen LogP contribution in [-0.2, 0) is 4.79 Å². The number of nitrogens with zero attached hydrogens (tertiary/aromatic N) is 2. The third kappa shape index (κ3) is 2.80. The Morgan fingerprint density at radius 3 is 2.59 bits per heavy atom. The van der Waals surface area contributed by atoms with Crippen LogP contribution in [0.5, 0.6) is 0 Å². The van der Waals surface area contributed by atoms with Gasteiger partial charge in [0, 0.05) is 25.2 Å². The van der Waals surface area contributed by atoms with Gasteiger partial charge in [0.2, 0.25) is 5.91 Å². The van der Waals surface area contributed by atoms with Crippen LogP contribution in [0.3, 0.4) is 0 Å². The highest BCUT2D eigenvalue weighted by molar-refractivity contribution is 5.82. The molecule has 0 aromatic carbocycles. The van der Waals surface area contributed by atoms with Gasteiger partial charge >= 0.3 is 0 Å². The predicted octanol–water partition coefficient (Wildman–Crippen LogP) is 1.05. The summed E-state index contributed by atoms with van der Waals surface area (Å²) in [6.45, 7) is 10.1. The summed E-state index contributed by atoms with van der Waals surface area (Å²) in [6, 6.07) is 0.364. The molecule has 1 aliphatic heterocycles. The molecule has 0 aliphatic carbocycles. The highest BCUT2D eigenvalue weighted by Crippen LogP contribution is 2.30. The van der Waals surface area contributed by atoms with Crippen molar-refractivity contribution in [3.63, 3.8) is 0 Å². The molecule has 2 N–H and O–H groups in total. The molecule has 0 spiro atoms. The fraction of sp³-hybridized carbons (Fsp3) is 0.923. The van der Waals surface area contributed by atoms with Crippen LogP contribution >= 0.6 is 0 Å². The molecule has 0 aromatic rings. The van der Waals surface area contributed by atoms with Gasteiger partial charge < -0.3 is 10.6 Å². The van der Waals surface area contributed by atoms with Gasteiger partial charge in [0.25, 0.3) is 0 Å². The lowest BCUT2D eigenvalue weighted by molar-refractivity contribution is -0.151. The van der Waals surface area contributed by atoms with Crippen molar-refractivity contribution < 1.29 is 4.79 Å². The minimum Gasteiger partial charge on any atom is -0.343 e. The van der Waals surface area contributed by atoms with Gasteiger partial charge in [-0.05, 0) is 40.2 Å². The lowest BCUT2D eigenvalue weighted by atomic mass is 9.90. The van der Waals surface area contributed by atoms with E-state index in [0.29, 0.717) is 12.6 Å². The summed E-state index contributed by atoms with van der Waals surface area (Å²) in [5.41, 5.74) is 5.69. The van der Waals surface area contributed by atoms with Crippen LogP contribution in [0.25, 0.3) is 0 Å². The summed E-state index contributed by atoms with van der Waals surface area (Å²) < 4.78 is 0. The number of likely N-dealkylation sites (N-methyl/N-ethyl adjacent to an activating group) is 1. The number of carbonyl (C=O) groups is 1. The Bertz CT molecular complexity index is 278. The highest BCUT2D eigenvalue weighted by Gasteiger charge is 2.44. The summed E-state index contributed by atoms with van der Waals surface area (Å²) in [6.07, 6.45) is 1.80. The fourth-order valence-corrected chi connectivity index (χ4v) is 3.06. The van der Waals surface area contributed by atoms with Gasteiger partial charge in [-0.25, -0.2) is 0 Å². The maximum Gasteiger partial charge on any atom is 0.239 e. The summed E-state index contributed by atoms with van der Waals surface area (Å²) in [5.74, 6) is 0.218. The van der Waals surface area contributed by atoms with E-state index in [1.165, 1.54) is 0 Å². The molecule has 2 unspecified atom stereocenters. The SMILES string of the molecule is CCC(C)N1C(CCN)C(=O)N(C)CC1(C)C. The molecular weight excluding hydrogens is 214 g/mol. The molecule has 100 valence electrons. The quantitative estimate of drug-likeness (QED) is 0.800. The van der Waals surface area contributed by atoms with Gasteiger partial charge in [0.05, 0.1) is 6.04 Å². The first-order valence-electron chi connectivity index (χ1n) is 6.58. The minimum atomic E-state index is -0.0521. The first kappa shape index (κ1) is 14.5. The van der Waals surface area contributed by atoms with E-state index in [2.05, 4.69) is 32.6 Å². The van der Waals surface area contributed by atoms with E-state index in [4.69, 9.17) is 5.73 Å². The van der Waals surface area contributed by atoms with Crippen molar-refractivity contribution >= 4 is 5.91 Å². The molecule has 17 heavy (non-hydrogen) atoms. The summed E-state index contributed by atoms with van der Waals surface area (Å²) in [7, 11) is 1.89. The largest absolute Gasteiger partial charge is 0.343 e. The smallest absolute Gasteiger partial charge is 0.239 e. The number of nitrogens with two attached hydrogens (primary N) is 1. The van der Waals surface area contributed by atoms with Gasteiger partial charge in [0.1, 0.15) is 0 Å². The Labute approximate surface area is 105 Å². The van der Waals surface area contributed by atoms with E-state index >= 15 is 0 Å². The number of carbonyl (C=O) groups excluding carboxylic acids is 1. The average molecular weight is 241 g/mol. The summed E-state index contributed by atoms with van der Waals surface area (Å²) >= 11 is 0. The monoisotopic (exact) mass is 241 g/mol. The third-order valence-electron chi connectivity index (χ3n) is 3.83. The lowest BCUT2D eigenvalue weighted by Crippen LogP contribution is -2.68. The van der Waals surface area contributed by atoms with E-state index in [1.54, 1.807) is 0 Å². The van der Waals surface area contributed by atoms with Crippen molar-refractivity contribution in [2.75, 3.05) is 20.1 Å². The van der Waals surface area contributed by atoms with Crippen molar-refractivity contribution in [2.45, 2.75) is 58.2 Å². The first-order valence-corrected chi connectivity index (χ1v) is 6.58. The van der Waals surface area contributed by atoms with Gasteiger partial charge in [-0.1, -0.05) is 6.92 Å². The Balaban J connectivity index is 3.02. The van der Waals surface area contributed by atoms with E-state index in [-0.39, 0.29) is 17.5 Å². The Hall–Kier alpha value is -0.610. The maximum atomic E-state index is 12.3. The molecule has 1 fully saturated rings. The van der Waals surface area contributed by atoms with Crippen molar-refractivity contribution in [3.8, 4) is 0 Å². The lowest BCUT2D eigenvalue weighted by Gasteiger charge is -2.52. The molecule has 0 radical (unpaired) electrons. The standard InChI is InChI=1S/C13H27N3O/c1-6-10(2)16-11(7-8-14)12(17)15(5)9-13(16,3)4/h10-11H,6-9,14H2,1-5H3. The zero-order chi connectivity index (χ0) is 13.2. The molecule has 1 amide bonds. The molecule has 4 nitrogen and oxygen atoms in total. The van der Waals surface area contributed by atoms with E-state index in [1.807, 2.05) is 11.9 Å². The molecule has 4 heteroatoms. The van der Waals surface area contributed by atoms with Crippen molar-refractivity contribution in [3.05, 3.63) is 0 Å². The zero-order valence-electron chi connectivity index (χ0n) is 11.9. The minimum absolute atomic E-state index is 0.0257. The van der Waals surface area contributed by atoms with Gasteiger partial charge in [-0.3, -0.25) is 9.69 Å². The zero-order valence-corrected chi connectivity index (χ0v) is 11.9. The highest BCUT2D eigenvalue weighted by atomic mass is 16.2. The number of hydrogen-bond acceptors (Lipinski definition) is 3. The van der Waals surface area contributed by atoms with Crippen LogP contribution in [0.2, 0.25) is 0 Å². The molecular formula is C13H27N3O. The molecule has 0 saturated carbocycles. The van der Waals surface area contributed by atoms with Gasteiger partial charge in [-0.15, -0.1) is 0 Å². The Morgan fingerprint density at radius 1 is 1.53 bits per heavy atom. The van der Waals surface area contributed by atoms with Crippen LogP contribution in [-0.4, -0.2) is 53.5 Å². The normalized spacial score (nSPS) is 27.3. The van der Waals surface area contributed by atoms with Crippen LogP contribution < -0.4 is 5.73 Å². The van der Waals surface area contributed by atoms with Crippen LogP contribution in [0.15, 0.2) is 0 Å². The Kier molecular flexibility index (Phi) is 4.55. The van der Waals surface area contributed by atoms with Gasteiger partial charge in [-0.2, -0.15) is 0 Å². The van der Waals surface area contributed by atoms with Gasteiger partial charge in [0.15, 0.2) is 0 Å². The van der Waals surface area contributed by atoms with Crippen molar-refractivity contribution in [1.29, 1.82) is 0 Å². The van der Waals surface area contributed by atoms with E-state index < -0.39 is 0 Å². The second-order valence-electron chi connectivity index (χ2n) is 5.76.